The molecule has 0 aromatic heterocycles. The number of likely N-dealkylation sites (tertiary alicyclic amines) is 1. The number of rotatable bonds is 7. The normalized spacial score (nSPS) is 16.5. The van der Waals surface area contributed by atoms with Crippen LogP contribution >= 0.6 is 0 Å². The molecule has 2 rings (SSSR count). The Bertz CT molecular complexity index is 710. The van der Waals surface area contributed by atoms with Crippen molar-refractivity contribution in [1.82, 2.24) is 10.2 Å². The summed E-state index contributed by atoms with van der Waals surface area (Å²) >= 11 is 0. The molecule has 0 bridgehead atoms. The van der Waals surface area contributed by atoms with Crippen LogP contribution in [0.4, 0.5) is 4.79 Å². The Hall–Kier alpha value is -2.61. The van der Waals surface area contributed by atoms with Crippen LogP contribution in [0.1, 0.15) is 36.0 Å². The first-order chi connectivity index (χ1) is 12.7. The van der Waals surface area contributed by atoms with E-state index in [1.165, 1.54) is 0 Å². The number of carbonyl (C=O) groups is 3. The summed E-state index contributed by atoms with van der Waals surface area (Å²) in [4.78, 5) is 36.3. The maximum atomic E-state index is 12.5. The van der Waals surface area contributed by atoms with E-state index in [4.69, 9.17) is 14.9 Å². The third kappa shape index (κ3) is 6.25. The average Bonchev–Trinajstić information content (AvgIpc) is 2.56. The number of carboxylic acids is 1. The predicted molar refractivity (Wildman–Crippen MR) is 97.5 cm³/mol. The molecule has 1 aromatic carbocycles. The molecule has 0 atom stereocenters. The second-order valence-corrected chi connectivity index (χ2v) is 7.00. The molecule has 0 saturated carbocycles. The second-order valence-electron chi connectivity index (χ2n) is 7.00. The fraction of sp³-hybridized carbons (Fsp3) is 0.526. The van der Waals surface area contributed by atoms with E-state index in [1.807, 2.05) is 36.9 Å². The van der Waals surface area contributed by atoms with Gasteiger partial charge in [-0.05, 0) is 25.0 Å². The fourth-order valence-corrected chi connectivity index (χ4v) is 3.33. The van der Waals surface area contributed by atoms with E-state index in [-0.39, 0.29) is 31.6 Å². The maximum absolute atomic E-state index is 12.5. The third-order valence-corrected chi connectivity index (χ3v) is 4.80. The van der Waals surface area contributed by atoms with Crippen molar-refractivity contribution in [2.24, 2.45) is 0 Å². The molecular formula is C19H26N2O6. The molecule has 8 heteroatoms. The third-order valence-electron chi connectivity index (χ3n) is 4.80. The van der Waals surface area contributed by atoms with E-state index in [0.717, 1.165) is 16.7 Å². The topological polar surface area (TPSA) is 116 Å². The number of carboxylic acid groups (broad SMARTS) is 2. The molecule has 1 amide bonds. The van der Waals surface area contributed by atoms with Gasteiger partial charge in [0.15, 0.2) is 5.72 Å². The molecule has 3 N–H and O–H groups in total. The number of ether oxygens (including phenoxy) is 1. The van der Waals surface area contributed by atoms with Crippen LogP contribution in [-0.4, -0.2) is 58.5 Å². The lowest BCUT2D eigenvalue weighted by Crippen LogP contribution is -2.58. The molecule has 0 unspecified atom stereocenters. The van der Waals surface area contributed by atoms with Gasteiger partial charge in [0.2, 0.25) is 5.91 Å². The Morgan fingerprint density at radius 2 is 1.85 bits per heavy atom. The van der Waals surface area contributed by atoms with Gasteiger partial charge in [0.25, 0.3) is 0 Å². The minimum Gasteiger partial charge on any atom is -0.481 e. The monoisotopic (exact) mass is 378 g/mol. The Labute approximate surface area is 158 Å². The molecule has 1 aliphatic heterocycles. The molecule has 27 heavy (non-hydrogen) atoms. The van der Waals surface area contributed by atoms with E-state index in [2.05, 4.69) is 5.32 Å². The van der Waals surface area contributed by atoms with Crippen molar-refractivity contribution in [1.29, 1.82) is 0 Å². The van der Waals surface area contributed by atoms with E-state index in [9.17, 15) is 14.4 Å². The summed E-state index contributed by atoms with van der Waals surface area (Å²) < 4.78 is 5.05. The Balaban J connectivity index is 2.00. The zero-order valence-electron chi connectivity index (χ0n) is 15.7. The zero-order valence-corrected chi connectivity index (χ0v) is 15.7. The number of aryl methyl sites for hydroxylation is 2. The van der Waals surface area contributed by atoms with Crippen molar-refractivity contribution in [3.63, 3.8) is 0 Å². The van der Waals surface area contributed by atoms with Gasteiger partial charge in [-0.2, -0.15) is 0 Å². The number of nitrogens with one attached hydrogen (secondary N) is 1. The number of nitrogens with zero attached hydrogens (tertiary/aromatic N) is 1. The van der Waals surface area contributed by atoms with E-state index in [1.54, 1.807) is 0 Å². The van der Waals surface area contributed by atoms with Crippen LogP contribution in [0.3, 0.4) is 0 Å². The van der Waals surface area contributed by atoms with Crippen molar-refractivity contribution in [2.75, 3.05) is 19.6 Å². The molecule has 8 nitrogen and oxygen atoms in total. The number of carbonyl (C=O) groups excluding carboxylic acids is 1. The van der Waals surface area contributed by atoms with Crippen LogP contribution < -0.4 is 5.32 Å². The summed E-state index contributed by atoms with van der Waals surface area (Å²) in [6, 6.07) is 5.82. The summed E-state index contributed by atoms with van der Waals surface area (Å²) in [5, 5.41) is 20.6. The Morgan fingerprint density at radius 3 is 2.41 bits per heavy atom. The molecular weight excluding hydrogens is 352 g/mol. The zero-order chi connectivity index (χ0) is 20.0. The molecule has 1 fully saturated rings. The van der Waals surface area contributed by atoms with Crippen molar-refractivity contribution in [3.8, 4) is 0 Å². The van der Waals surface area contributed by atoms with Gasteiger partial charge in [-0.15, -0.1) is 0 Å². The highest BCUT2D eigenvalue weighted by Crippen LogP contribution is 2.25. The van der Waals surface area contributed by atoms with Gasteiger partial charge in [0.05, 0.1) is 12.8 Å². The summed E-state index contributed by atoms with van der Waals surface area (Å²) in [5.74, 6) is -1.18. The minimum absolute atomic E-state index is 0.0197. The lowest BCUT2D eigenvalue weighted by molar-refractivity contribution is -0.137. The maximum Gasteiger partial charge on any atom is 0.507 e. The lowest BCUT2D eigenvalue weighted by atomic mass is 9.98. The lowest BCUT2D eigenvalue weighted by Gasteiger charge is -2.40. The number of amides is 1. The van der Waals surface area contributed by atoms with Crippen molar-refractivity contribution >= 4 is 18.0 Å². The molecule has 0 radical (unpaired) electrons. The minimum atomic E-state index is -1.44. The van der Waals surface area contributed by atoms with Crippen LogP contribution in [0.15, 0.2) is 18.2 Å². The van der Waals surface area contributed by atoms with E-state index in [0.29, 0.717) is 19.6 Å². The smallest absolute Gasteiger partial charge is 0.481 e. The number of hydrogen-bond donors (Lipinski definition) is 3. The Kier molecular flexibility index (Phi) is 6.79. The van der Waals surface area contributed by atoms with E-state index >= 15 is 0 Å². The molecule has 0 spiro atoms. The molecule has 1 aromatic rings. The first kappa shape index (κ1) is 20.7. The summed E-state index contributed by atoms with van der Waals surface area (Å²) in [7, 11) is 0. The van der Waals surface area contributed by atoms with Gasteiger partial charge in [0, 0.05) is 32.5 Å². The summed E-state index contributed by atoms with van der Waals surface area (Å²) in [6.07, 6.45) is -0.735. The standard InChI is InChI=1S/C19H26N2O6/c1-13-3-4-15(14(2)11-13)12-16(22)20-19(27-18(25)26)6-9-21(10-7-19)8-5-17(23)24/h3-4,11H,5-10,12H2,1-2H3,(H,20,22)(H,23,24)(H,25,26). The average molecular weight is 378 g/mol. The number of piperidine rings is 1. The van der Waals surface area contributed by atoms with Crippen LogP contribution in [-0.2, 0) is 20.7 Å². The van der Waals surface area contributed by atoms with Gasteiger partial charge in [0.1, 0.15) is 0 Å². The first-order valence-corrected chi connectivity index (χ1v) is 8.92. The predicted octanol–water partition coefficient (Wildman–Crippen LogP) is 1.92. The second kappa shape index (κ2) is 8.85. The first-order valence-electron chi connectivity index (χ1n) is 8.92. The van der Waals surface area contributed by atoms with Crippen LogP contribution in [0.2, 0.25) is 0 Å². The van der Waals surface area contributed by atoms with Crippen LogP contribution in [0, 0.1) is 13.8 Å². The molecule has 0 aliphatic carbocycles. The number of benzene rings is 1. The van der Waals surface area contributed by atoms with Gasteiger partial charge in [-0.1, -0.05) is 23.8 Å². The van der Waals surface area contributed by atoms with Crippen molar-refractivity contribution in [3.05, 3.63) is 34.9 Å². The number of aliphatic carboxylic acids is 1. The molecule has 1 aliphatic rings. The van der Waals surface area contributed by atoms with Crippen molar-refractivity contribution in [2.45, 2.75) is 45.3 Å². The highest BCUT2D eigenvalue weighted by Gasteiger charge is 2.39. The van der Waals surface area contributed by atoms with Crippen molar-refractivity contribution < 1.29 is 29.3 Å². The molecule has 148 valence electrons. The Morgan fingerprint density at radius 1 is 1.19 bits per heavy atom. The van der Waals surface area contributed by atoms with E-state index < -0.39 is 17.8 Å². The quantitative estimate of drug-likeness (QED) is 0.490. The van der Waals surface area contributed by atoms with Crippen LogP contribution in [0.25, 0.3) is 0 Å². The highest BCUT2D eigenvalue weighted by molar-refractivity contribution is 5.80. The van der Waals surface area contributed by atoms with Crippen LogP contribution in [0.5, 0.6) is 0 Å². The largest absolute Gasteiger partial charge is 0.507 e. The van der Waals surface area contributed by atoms with Gasteiger partial charge < -0.3 is 25.2 Å². The van der Waals surface area contributed by atoms with Gasteiger partial charge >= 0.3 is 12.1 Å². The fourth-order valence-electron chi connectivity index (χ4n) is 3.33. The summed E-state index contributed by atoms with van der Waals surface area (Å²) in [6.45, 7) is 5.19. The van der Waals surface area contributed by atoms with Gasteiger partial charge in [-0.3, -0.25) is 9.59 Å². The molecule has 1 saturated heterocycles. The number of hydrogen-bond acceptors (Lipinski definition) is 5. The summed E-state index contributed by atoms with van der Waals surface area (Å²) in [5.41, 5.74) is 1.71. The SMILES string of the molecule is Cc1ccc(CC(=O)NC2(OC(=O)O)CCN(CCC(=O)O)CC2)c(C)c1. The van der Waals surface area contributed by atoms with Gasteiger partial charge in [-0.25, -0.2) is 4.79 Å². The molecule has 1 heterocycles. The highest BCUT2D eigenvalue weighted by atomic mass is 16.7.